The van der Waals surface area contributed by atoms with Crippen LogP contribution in [0.5, 0.6) is 0 Å². The van der Waals surface area contributed by atoms with Gasteiger partial charge in [-0.1, -0.05) is 18.2 Å². The van der Waals surface area contributed by atoms with Crippen LogP contribution >= 0.6 is 0 Å². The zero-order valence-corrected chi connectivity index (χ0v) is 14.1. The topological polar surface area (TPSA) is 101 Å². The molecule has 2 N–H and O–H groups in total. The highest BCUT2D eigenvalue weighted by Crippen LogP contribution is 2.20. The lowest BCUT2D eigenvalue weighted by Gasteiger charge is -2.34. The van der Waals surface area contributed by atoms with Gasteiger partial charge in [-0.25, -0.2) is 14.5 Å². The Morgan fingerprint density at radius 1 is 1.35 bits per heavy atom. The molecule has 4 rings (SSSR count). The summed E-state index contributed by atoms with van der Waals surface area (Å²) in [4.78, 5) is 18.5. The first kappa shape index (κ1) is 16.3. The summed E-state index contributed by atoms with van der Waals surface area (Å²) < 4.78 is 7.26. The highest BCUT2D eigenvalue weighted by Gasteiger charge is 2.30. The minimum absolute atomic E-state index is 0.165. The van der Waals surface area contributed by atoms with Crippen LogP contribution in [-0.4, -0.2) is 55.7 Å². The SMILES string of the molecule is O=C(NCc1cnn(-c2ccccc2)c1)N1CCOCC1c1ncn[nH]1. The molecule has 0 bridgehead atoms. The van der Waals surface area contributed by atoms with Crippen LogP contribution in [0.4, 0.5) is 4.79 Å². The van der Waals surface area contributed by atoms with E-state index in [0.717, 1.165) is 11.3 Å². The van der Waals surface area contributed by atoms with Crippen LogP contribution in [0.3, 0.4) is 0 Å². The molecule has 1 fully saturated rings. The van der Waals surface area contributed by atoms with Gasteiger partial charge in [-0.2, -0.15) is 10.2 Å². The number of hydrogen-bond acceptors (Lipinski definition) is 5. The average molecular weight is 353 g/mol. The van der Waals surface area contributed by atoms with Crippen LogP contribution < -0.4 is 5.32 Å². The third-order valence-corrected chi connectivity index (χ3v) is 4.24. The van der Waals surface area contributed by atoms with Gasteiger partial charge in [0.1, 0.15) is 18.2 Å². The fraction of sp³-hybridized carbons (Fsp3) is 0.294. The number of carbonyl (C=O) groups excluding carboxylic acids is 1. The van der Waals surface area contributed by atoms with Gasteiger partial charge in [-0.05, 0) is 12.1 Å². The lowest BCUT2D eigenvalue weighted by atomic mass is 10.2. The van der Waals surface area contributed by atoms with Gasteiger partial charge in [0.2, 0.25) is 0 Å². The summed E-state index contributed by atoms with van der Waals surface area (Å²) >= 11 is 0. The summed E-state index contributed by atoms with van der Waals surface area (Å²) in [5.74, 6) is 0.622. The van der Waals surface area contributed by atoms with Crippen molar-refractivity contribution < 1.29 is 9.53 Å². The third kappa shape index (κ3) is 3.42. The Hall–Kier alpha value is -3.20. The Kier molecular flexibility index (Phi) is 4.61. The number of morpholine rings is 1. The van der Waals surface area contributed by atoms with Crippen molar-refractivity contribution in [2.45, 2.75) is 12.6 Å². The van der Waals surface area contributed by atoms with Crippen LogP contribution in [0.1, 0.15) is 17.4 Å². The largest absolute Gasteiger partial charge is 0.377 e. The van der Waals surface area contributed by atoms with E-state index in [1.165, 1.54) is 6.33 Å². The number of amides is 2. The van der Waals surface area contributed by atoms with Crippen molar-refractivity contribution in [1.82, 2.24) is 35.2 Å². The molecule has 1 aromatic carbocycles. The first-order valence-electron chi connectivity index (χ1n) is 8.38. The van der Waals surface area contributed by atoms with Crippen molar-refractivity contribution in [3.8, 4) is 5.69 Å². The van der Waals surface area contributed by atoms with E-state index in [1.54, 1.807) is 15.8 Å². The van der Waals surface area contributed by atoms with E-state index in [0.29, 0.717) is 32.1 Å². The Morgan fingerprint density at radius 3 is 3.04 bits per heavy atom. The molecule has 0 radical (unpaired) electrons. The minimum Gasteiger partial charge on any atom is -0.377 e. The standard InChI is InChI=1S/C17H19N7O2/c25-17(23-6-7-26-11-15(23)16-19-12-20-22-16)18-8-13-9-21-24(10-13)14-4-2-1-3-5-14/h1-5,9-10,12,15H,6-8,11H2,(H,18,25)(H,19,20,22). The maximum Gasteiger partial charge on any atom is 0.318 e. The van der Waals surface area contributed by atoms with Crippen molar-refractivity contribution in [3.05, 3.63) is 60.4 Å². The van der Waals surface area contributed by atoms with Crippen LogP contribution in [0.2, 0.25) is 0 Å². The molecular formula is C17H19N7O2. The number of nitrogens with one attached hydrogen (secondary N) is 2. The quantitative estimate of drug-likeness (QED) is 0.736. The maximum atomic E-state index is 12.6. The molecule has 26 heavy (non-hydrogen) atoms. The molecule has 1 saturated heterocycles. The van der Waals surface area contributed by atoms with E-state index in [1.807, 2.05) is 36.5 Å². The number of aromatic amines is 1. The molecule has 9 nitrogen and oxygen atoms in total. The second-order valence-corrected chi connectivity index (χ2v) is 5.94. The van der Waals surface area contributed by atoms with E-state index < -0.39 is 0 Å². The summed E-state index contributed by atoms with van der Waals surface area (Å²) in [6.07, 6.45) is 5.08. The lowest BCUT2D eigenvalue weighted by molar-refractivity contribution is 0.00865. The Bertz CT molecular complexity index is 847. The highest BCUT2D eigenvalue weighted by molar-refractivity contribution is 5.74. The molecule has 2 amide bonds. The van der Waals surface area contributed by atoms with Gasteiger partial charge in [-0.3, -0.25) is 5.10 Å². The number of aromatic nitrogens is 5. The molecule has 3 heterocycles. The van der Waals surface area contributed by atoms with Gasteiger partial charge < -0.3 is 15.0 Å². The van der Waals surface area contributed by atoms with Crippen molar-refractivity contribution in [2.75, 3.05) is 19.8 Å². The van der Waals surface area contributed by atoms with E-state index in [-0.39, 0.29) is 12.1 Å². The van der Waals surface area contributed by atoms with Gasteiger partial charge in [0, 0.05) is 24.8 Å². The predicted octanol–water partition coefficient (Wildman–Crippen LogP) is 1.27. The summed E-state index contributed by atoms with van der Waals surface area (Å²) in [5.41, 5.74) is 1.90. The maximum absolute atomic E-state index is 12.6. The van der Waals surface area contributed by atoms with E-state index in [2.05, 4.69) is 25.6 Å². The molecule has 0 saturated carbocycles. The van der Waals surface area contributed by atoms with Crippen molar-refractivity contribution in [2.24, 2.45) is 0 Å². The summed E-state index contributed by atoms with van der Waals surface area (Å²) in [6.45, 7) is 1.80. The van der Waals surface area contributed by atoms with Gasteiger partial charge in [-0.15, -0.1) is 0 Å². The molecule has 1 atom stereocenters. The molecule has 134 valence electrons. The zero-order valence-electron chi connectivity index (χ0n) is 14.1. The number of hydrogen-bond donors (Lipinski definition) is 2. The number of benzene rings is 1. The third-order valence-electron chi connectivity index (χ3n) is 4.24. The second kappa shape index (κ2) is 7.36. The normalized spacial score (nSPS) is 17.2. The summed E-state index contributed by atoms with van der Waals surface area (Å²) in [6, 6.07) is 9.40. The Morgan fingerprint density at radius 2 is 2.23 bits per heavy atom. The van der Waals surface area contributed by atoms with Crippen molar-refractivity contribution in [1.29, 1.82) is 0 Å². The minimum atomic E-state index is -0.265. The zero-order chi connectivity index (χ0) is 17.8. The molecule has 9 heteroatoms. The fourth-order valence-electron chi connectivity index (χ4n) is 2.90. The summed E-state index contributed by atoms with van der Waals surface area (Å²) in [7, 11) is 0. The molecule has 1 aliphatic rings. The first-order valence-corrected chi connectivity index (χ1v) is 8.38. The van der Waals surface area contributed by atoms with Gasteiger partial charge in [0.05, 0.1) is 25.1 Å². The first-order chi connectivity index (χ1) is 12.8. The van der Waals surface area contributed by atoms with Crippen LogP contribution in [0.15, 0.2) is 49.1 Å². The van der Waals surface area contributed by atoms with Crippen molar-refractivity contribution in [3.63, 3.8) is 0 Å². The smallest absolute Gasteiger partial charge is 0.318 e. The van der Waals surface area contributed by atoms with Gasteiger partial charge in [0.25, 0.3) is 0 Å². The monoisotopic (exact) mass is 353 g/mol. The number of rotatable bonds is 4. The molecule has 0 aliphatic carbocycles. The van der Waals surface area contributed by atoms with E-state index in [4.69, 9.17) is 4.74 Å². The Labute approximate surface area is 150 Å². The number of H-pyrrole nitrogens is 1. The lowest BCUT2D eigenvalue weighted by Crippen LogP contribution is -2.48. The predicted molar refractivity (Wildman–Crippen MR) is 92.4 cm³/mol. The van der Waals surface area contributed by atoms with Crippen molar-refractivity contribution >= 4 is 6.03 Å². The van der Waals surface area contributed by atoms with Gasteiger partial charge >= 0.3 is 6.03 Å². The fourth-order valence-corrected chi connectivity index (χ4v) is 2.90. The molecule has 2 aromatic heterocycles. The highest BCUT2D eigenvalue weighted by atomic mass is 16.5. The van der Waals surface area contributed by atoms with Gasteiger partial charge in [0.15, 0.2) is 0 Å². The molecule has 1 aliphatic heterocycles. The second-order valence-electron chi connectivity index (χ2n) is 5.94. The van der Waals surface area contributed by atoms with E-state index in [9.17, 15) is 4.79 Å². The average Bonchev–Trinajstić information content (AvgIpc) is 3.39. The number of para-hydroxylation sites is 1. The van der Waals surface area contributed by atoms with Crippen LogP contribution in [0, 0.1) is 0 Å². The number of nitrogens with zero attached hydrogens (tertiary/aromatic N) is 5. The number of ether oxygens (including phenoxy) is 1. The molecule has 0 spiro atoms. The summed E-state index contributed by atoms with van der Waals surface area (Å²) in [5, 5.41) is 13.9. The number of urea groups is 1. The number of carbonyl (C=O) groups is 1. The molecule has 3 aromatic rings. The molecule has 1 unspecified atom stereocenters. The van der Waals surface area contributed by atoms with E-state index >= 15 is 0 Å². The van der Waals surface area contributed by atoms with Crippen LogP contribution in [0.25, 0.3) is 5.69 Å². The van der Waals surface area contributed by atoms with Crippen LogP contribution in [-0.2, 0) is 11.3 Å². The molecular weight excluding hydrogens is 334 g/mol. The Balaban J connectivity index is 1.40.